The fourth-order valence-corrected chi connectivity index (χ4v) is 3.37. The highest BCUT2D eigenvalue weighted by molar-refractivity contribution is 7.91. The molecule has 4 nitrogen and oxygen atoms in total. The van der Waals surface area contributed by atoms with Gasteiger partial charge in [-0.1, -0.05) is 6.07 Å². The highest BCUT2D eigenvalue weighted by atomic mass is 32.2. The van der Waals surface area contributed by atoms with Crippen LogP contribution in [0.2, 0.25) is 0 Å². The van der Waals surface area contributed by atoms with Crippen LogP contribution in [0.1, 0.15) is 11.1 Å². The number of hydrogen-bond donors (Lipinski definition) is 2. The summed E-state index contributed by atoms with van der Waals surface area (Å²) in [5.74, 6) is 0. The largest absolute Gasteiger partial charge is 0.604 e. The van der Waals surface area contributed by atoms with E-state index in [4.69, 9.17) is 5.73 Å². The third kappa shape index (κ3) is 2.87. The van der Waals surface area contributed by atoms with Crippen LogP contribution in [0.4, 0.5) is 18.9 Å². The van der Waals surface area contributed by atoms with Crippen molar-refractivity contribution in [2.75, 3.05) is 5.73 Å². The lowest BCUT2D eigenvalue weighted by Crippen LogP contribution is -2.07. The fraction of sp³-hybridized carbons (Fsp3) is 0.133. The van der Waals surface area contributed by atoms with Gasteiger partial charge in [0, 0.05) is 11.3 Å². The SMILES string of the molecule is Cc1c(N)cccc1[S+]([O-])c1nc2cc(C(F)(F)F)ccc2[nH]1. The van der Waals surface area contributed by atoms with Crippen molar-refractivity contribution in [1.29, 1.82) is 0 Å². The van der Waals surface area contributed by atoms with Crippen LogP contribution in [-0.4, -0.2) is 14.5 Å². The summed E-state index contributed by atoms with van der Waals surface area (Å²) in [5.41, 5.74) is 6.65. The number of nitrogens with two attached hydrogens (primary N) is 1. The van der Waals surface area contributed by atoms with Crippen molar-refractivity contribution in [3.05, 3.63) is 47.5 Å². The summed E-state index contributed by atoms with van der Waals surface area (Å²) in [4.78, 5) is 7.31. The summed E-state index contributed by atoms with van der Waals surface area (Å²) >= 11 is -1.66. The van der Waals surface area contributed by atoms with Gasteiger partial charge in [0.15, 0.2) is 4.90 Å². The zero-order valence-electron chi connectivity index (χ0n) is 11.9. The predicted molar refractivity (Wildman–Crippen MR) is 81.4 cm³/mol. The van der Waals surface area contributed by atoms with Gasteiger partial charge in [-0.25, -0.2) is 0 Å². The molecule has 8 heteroatoms. The first-order valence-corrected chi connectivity index (χ1v) is 7.76. The molecule has 3 N–H and O–H groups in total. The van der Waals surface area contributed by atoms with Crippen molar-refractivity contribution < 1.29 is 17.7 Å². The van der Waals surface area contributed by atoms with Gasteiger partial charge >= 0.3 is 11.3 Å². The summed E-state index contributed by atoms with van der Waals surface area (Å²) in [7, 11) is 0. The molecular formula is C15H12F3N3OS. The van der Waals surface area contributed by atoms with E-state index < -0.39 is 22.9 Å². The van der Waals surface area contributed by atoms with Crippen LogP contribution < -0.4 is 5.73 Å². The minimum atomic E-state index is -4.45. The fourth-order valence-electron chi connectivity index (χ4n) is 2.18. The molecule has 0 aliphatic heterocycles. The van der Waals surface area contributed by atoms with Gasteiger partial charge in [0.25, 0.3) is 0 Å². The monoisotopic (exact) mass is 339 g/mol. The molecule has 0 saturated carbocycles. The number of rotatable bonds is 2. The van der Waals surface area contributed by atoms with E-state index in [1.54, 1.807) is 25.1 Å². The molecule has 0 aliphatic rings. The Hall–Kier alpha value is -2.19. The molecule has 23 heavy (non-hydrogen) atoms. The van der Waals surface area contributed by atoms with E-state index in [9.17, 15) is 17.7 Å². The van der Waals surface area contributed by atoms with Gasteiger partial charge in [-0.3, -0.25) is 4.98 Å². The number of benzene rings is 2. The molecule has 0 radical (unpaired) electrons. The van der Waals surface area contributed by atoms with E-state index in [0.29, 0.717) is 21.7 Å². The number of halogens is 3. The average molecular weight is 339 g/mol. The second-order valence-electron chi connectivity index (χ2n) is 5.01. The van der Waals surface area contributed by atoms with Crippen molar-refractivity contribution in [2.45, 2.75) is 23.2 Å². The van der Waals surface area contributed by atoms with Crippen molar-refractivity contribution in [3.63, 3.8) is 0 Å². The Labute approximate surface area is 132 Å². The van der Waals surface area contributed by atoms with Gasteiger partial charge in [-0.05, 0) is 37.3 Å². The quantitative estimate of drug-likeness (QED) is 0.553. The number of aromatic nitrogens is 2. The van der Waals surface area contributed by atoms with E-state index in [2.05, 4.69) is 9.97 Å². The lowest BCUT2D eigenvalue weighted by molar-refractivity contribution is -0.137. The Balaban J connectivity index is 2.05. The molecule has 1 unspecified atom stereocenters. The van der Waals surface area contributed by atoms with Crippen LogP contribution >= 0.6 is 0 Å². The summed E-state index contributed by atoms with van der Waals surface area (Å²) in [6.07, 6.45) is -4.45. The zero-order chi connectivity index (χ0) is 16.8. The van der Waals surface area contributed by atoms with E-state index in [1.807, 2.05) is 0 Å². The number of anilines is 1. The maximum atomic E-state index is 12.7. The minimum Gasteiger partial charge on any atom is -0.604 e. The third-order valence-corrected chi connectivity index (χ3v) is 4.88. The smallest absolute Gasteiger partial charge is 0.416 e. The highest BCUT2D eigenvalue weighted by Crippen LogP contribution is 2.32. The van der Waals surface area contributed by atoms with Gasteiger partial charge in [-0.15, -0.1) is 0 Å². The molecule has 2 aromatic carbocycles. The molecule has 0 fully saturated rings. The highest BCUT2D eigenvalue weighted by Gasteiger charge is 2.31. The lowest BCUT2D eigenvalue weighted by atomic mass is 10.2. The second kappa shape index (κ2) is 5.47. The number of hydrogen-bond acceptors (Lipinski definition) is 3. The molecule has 0 amide bonds. The Bertz CT molecular complexity index is 876. The molecule has 120 valence electrons. The van der Waals surface area contributed by atoms with E-state index in [-0.39, 0.29) is 10.7 Å². The molecule has 1 heterocycles. The van der Waals surface area contributed by atoms with Crippen molar-refractivity contribution >= 4 is 27.9 Å². The minimum absolute atomic E-state index is 0.0908. The Morgan fingerprint density at radius 3 is 2.65 bits per heavy atom. The lowest BCUT2D eigenvalue weighted by Gasteiger charge is -2.10. The van der Waals surface area contributed by atoms with Gasteiger partial charge in [0.1, 0.15) is 0 Å². The maximum absolute atomic E-state index is 12.7. The van der Waals surface area contributed by atoms with Gasteiger partial charge < -0.3 is 10.3 Å². The van der Waals surface area contributed by atoms with Crippen LogP contribution in [0.25, 0.3) is 11.0 Å². The molecule has 3 rings (SSSR count). The molecule has 1 atom stereocenters. The maximum Gasteiger partial charge on any atom is 0.416 e. The Morgan fingerprint density at radius 1 is 1.22 bits per heavy atom. The molecule has 1 aromatic heterocycles. The summed E-state index contributed by atoms with van der Waals surface area (Å²) in [6.45, 7) is 1.73. The Morgan fingerprint density at radius 2 is 1.96 bits per heavy atom. The normalized spacial score (nSPS) is 13.4. The first-order chi connectivity index (χ1) is 10.8. The Kier molecular flexibility index (Phi) is 3.73. The van der Waals surface area contributed by atoms with Crippen LogP contribution in [0.15, 0.2) is 46.5 Å². The predicted octanol–water partition coefficient (Wildman–Crippen LogP) is 3.64. The van der Waals surface area contributed by atoms with Crippen molar-refractivity contribution in [2.24, 2.45) is 0 Å². The number of fused-ring (bicyclic) bond motifs is 1. The molecule has 3 aromatic rings. The topological polar surface area (TPSA) is 77.8 Å². The second-order valence-corrected chi connectivity index (χ2v) is 6.37. The number of alkyl halides is 3. The summed E-state index contributed by atoms with van der Waals surface area (Å²) in [5, 5.41) is 0.0908. The van der Waals surface area contributed by atoms with E-state index in [0.717, 1.165) is 12.1 Å². The number of H-pyrrole nitrogens is 1. The van der Waals surface area contributed by atoms with Gasteiger partial charge in [0.05, 0.1) is 27.8 Å². The van der Waals surface area contributed by atoms with Gasteiger partial charge in [0.2, 0.25) is 0 Å². The summed E-state index contributed by atoms with van der Waals surface area (Å²) < 4.78 is 50.8. The number of aromatic amines is 1. The average Bonchev–Trinajstić information content (AvgIpc) is 2.91. The number of imidazole rings is 1. The molecule has 0 bridgehead atoms. The van der Waals surface area contributed by atoms with E-state index >= 15 is 0 Å². The molecular weight excluding hydrogens is 327 g/mol. The van der Waals surface area contributed by atoms with Crippen LogP contribution in [0.5, 0.6) is 0 Å². The van der Waals surface area contributed by atoms with Crippen LogP contribution in [0.3, 0.4) is 0 Å². The zero-order valence-corrected chi connectivity index (χ0v) is 12.8. The molecule has 0 aliphatic carbocycles. The number of nitrogens with one attached hydrogen (secondary N) is 1. The van der Waals surface area contributed by atoms with Crippen LogP contribution in [-0.2, 0) is 17.4 Å². The molecule has 0 saturated heterocycles. The van der Waals surface area contributed by atoms with Crippen LogP contribution in [0, 0.1) is 6.92 Å². The van der Waals surface area contributed by atoms with Gasteiger partial charge in [-0.2, -0.15) is 18.2 Å². The number of nitrogens with zero attached hydrogens (tertiary/aromatic N) is 1. The molecule has 0 spiro atoms. The first kappa shape index (κ1) is 15.7. The first-order valence-electron chi connectivity index (χ1n) is 6.61. The summed E-state index contributed by atoms with van der Waals surface area (Å²) in [6, 6.07) is 8.16. The van der Waals surface area contributed by atoms with E-state index in [1.165, 1.54) is 6.07 Å². The van der Waals surface area contributed by atoms with Crippen molar-refractivity contribution in [3.8, 4) is 0 Å². The number of nitrogen functional groups attached to an aromatic ring is 1. The van der Waals surface area contributed by atoms with Crippen molar-refractivity contribution in [1.82, 2.24) is 9.97 Å². The third-order valence-electron chi connectivity index (χ3n) is 3.49. The standard InChI is InChI=1S/C15H12F3N3OS/c1-8-10(19)3-2-4-13(8)23(22)14-20-11-6-5-9(15(16,17)18)7-12(11)21-14/h2-7H,19H2,1H3,(H,20,21).